The van der Waals surface area contributed by atoms with Crippen LogP contribution in [-0.2, 0) is 13.1 Å². The summed E-state index contributed by atoms with van der Waals surface area (Å²) in [4.78, 5) is 15.1. The second-order valence-electron chi connectivity index (χ2n) is 4.90. The molecular formula is C14H18N4O2. The third-order valence-corrected chi connectivity index (χ3v) is 2.89. The number of carboxylic acids is 1. The molecule has 0 unspecified atom stereocenters. The average Bonchev–Trinajstić information content (AvgIpc) is 2.88. The van der Waals surface area contributed by atoms with Crippen LogP contribution in [0.5, 0.6) is 0 Å². The lowest BCUT2D eigenvalue weighted by atomic mass is 10.1. The summed E-state index contributed by atoms with van der Waals surface area (Å²) < 4.78 is 0. The van der Waals surface area contributed by atoms with Gasteiger partial charge < -0.3 is 10.4 Å². The molecule has 0 atom stereocenters. The monoisotopic (exact) mass is 274 g/mol. The first-order valence-electron chi connectivity index (χ1n) is 6.50. The molecular weight excluding hydrogens is 256 g/mol. The number of aromatic amines is 1. The number of carbonyl (C=O) groups is 1. The van der Waals surface area contributed by atoms with Crippen LogP contribution in [0.2, 0.25) is 0 Å². The minimum absolute atomic E-state index is 0.297. The smallest absolute Gasteiger partial charge is 0.335 e. The van der Waals surface area contributed by atoms with Crippen LogP contribution in [0.1, 0.15) is 47.3 Å². The largest absolute Gasteiger partial charge is 0.478 e. The summed E-state index contributed by atoms with van der Waals surface area (Å²) in [6.45, 7) is 5.34. The average molecular weight is 274 g/mol. The number of benzene rings is 1. The van der Waals surface area contributed by atoms with Gasteiger partial charge in [-0.05, 0) is 17.7 Å². The van der Waals surface area contributed by atoms with Gasteiger partial charge in [0.05, 0.1) is 12.1 Å². The molecule has 20 heavy (non-hydrogen) atoms. The molecule has 2 aromatic rings. The molecule has 0 spiro atoms. The second kappa shape index (κ2) is 6.29. The van der Waals surface area contributed by atoms with Crippen LogP contribution in [0.3, 0.4) is 0 Å². The maximum absolute atomic E-state index is 10.7. The van der Waals surface area contributed by atoms with Crippen LogP contribution in [-0.4, -0.2) is 26.3 Å². The topological polar surface area (TPSA) is 90.9 Å². The van der Waals surface area contributed by atoms with Crippen molar-refractivity contribution in [3.63, 3.8) is 0 Å². The molecule has 0 amide bonds. The lowest BCUT2D eigenvalue weighted by Gasteiger charge is -2.03. The molecule has 1 heterocycles. The Hall–Kier alpha value is -2.21. The number of nitrogens with one attached hydrogen (secondary N) is 2. The molecule has 2 rings (SSSR count). The predicted molar refractivity (Wildman–Crippen MR) is 74.4 cm³/mol. The van der Waals surface area contributed by atoms with E-state index < -0.39 is 5.97 Å². The second-order valence-corrected chi connectivity index (χ2v) is 4.90. The Labute approximate surface area is 117 Å². The van der Waals surface area contributed by atoms with Gasteiger partial charge >= 0.3 is 5.97 Å². The van der Waals surface area contributed by atoms with Gasteiger partial charge in [-0.3, -0.25) is 5.10 Å². The molecule has 0 aliphatic heterocycles. The zero-order valence-electron chi connectivity index (χ0n) is 11.6. The Bertz CT molecular complexity index is 575. The fourth-order valence-electron chi connectivity index (χ4n) is 1.74. The van der Waals surface area contributed by atoms with Crippen molar-refractivity contribution in [2.45, 2.75) is 32.9 Å². The molecule has 0 bridgehead atoms. The summed E-state index contributed by atoms with van der Waals surface area (Å²) in [6, 6.07) is 6.81. The minimum atomic E-state index is -0.910. The van der Waals surface area contributed by atoms with E-state index in [4.69, 9.17) is 5.11 Å². The normalized spacial score (nSPS) is 10.9. The van der Waals surface area contributed by atoms with Gasteiger partial charge in [0.2, 0.25) is 0 Å². The molecule has 6 heteroatoms. The number of aromatic carboxylic acids is 1. The number of H-pyrrole nitrogens is 1. The molecule has 0 saturated carbocycles. The highest BCUT2D eigenvalue weighted by molar-refractivity contribution is 5.87. The first-order valence-corrected chi connectivity index (χ1v) is 6.50. The Morgan fingerprint density at radius 1 is 1.30 bits per heavy atom. The summed E-state index contributed by atoms with van der Waals surface area (Å²) in [5.74, 6) is 1.01. The van der Waals surface area contributed by atoms with Gasteiger partial charge in [0.1, 0.15) is 5.82 Å². The molecule has 0 aliphatic carbocycles. The van der Waals surface area contributed by atoms with Crippen LogP contribution < -0.4 is 5.32 Å². The van der Waals surface area contributed by atoms with Gasteiger partial charge in [0.15, 0.2) is 5.82 Å². The summed E-state index contributed by atoms with van der Waals surface area (Å²) in [7, 11) is 0. The number of hydrogen-bond acceptors (Lipinski definition) is 4. The van der Waals surface area contributed by atoms with E-state index in [2.05, 4.69) is 20.5 Å². The summed E-state index contributed by atoms with van der Waals surface area (Å²) >= 11 is 0. The van der Waals surface area contributed by atoms with E-state index in [0.717, 1.165) is 17.2 Å². The van der Waals surface area contributed by atoms with E-state index in [1.165, 1.54) is 0 Å². The van der Waals surface area contributed by atoms with Gasteiger partial charge in [-0.15, -0.1) is 0 Å². The highest BCUT2D eigenvalue weighted by Crippen LogP contribution is 2.08. The number of aromatic nitrogens is 3. The van der Waals surface area contributed by atoms with E-state index in [0.29, 0.717) is 24.6 Å². The molecule has 106 valence electrons. The first-order chi connectivity index (χ1) is 9.56. The maximum atomic E-state index is 10.7. The fourth-order valence-corrected chi connectivity index (χ4v) is 1.74. The fraction of sp³-hybridized carbons (Fsp3) is 0.357. The molecule has 3 N–H and O–H groups in total. The summed E-state index contributed by atoms with van der Waals surface area (Å²) in [6.07, 6.45) is 0. The lowest BCUT2D eigenvalue weighted by molar-refractivity contribution is 0.0697. The standard InChI is InChI=1S/C14H18N4O2/c1-9(2)13-16-12(17-18-13)8-15-7-10-3-5-11(6-4-10)14(19)20/h3-6,9,15H,7-8H2,1-2H3,(H,19,20)(H,16,17,18). The van der Waals surface area contributed by atoms with Crippen molar-refractivity contribution in [2.75, 3.05) is 0 Å². The highest BCUT2D eigenvalue weighted by Gasteiger charge is 2.06. The lowest BCUT2D eigenvalue weighted by Crippen LogP contribution is -2.14. The molecule has 1 aromatic heterocycles. The SMILES string of the molecule is CC(C)c1n[nH]c(CNCc2ccc(C(=O)O)cc2)n1. The van der Waals surface area contributed by atoms with Gasteiger partial charge in [0, 0.05) is 12.5 Å². The van der Waals surface area contributed by atoms with E-state index in [1.807, 2.05) is 13.8 Å². The van der Waals surface area contributed by atoms with Crippen LogP contribution in [0.4, 0.5) is 0 Å². The van der Waals surface area contributed by atoms with Gasteiger partial charge in [0.25, 0.3) is 0 Å². The number of nitrogens with zero attached hydrogens (tertiary/aromatic N) is 2. The maximum Gasteiger partial charge on any atom is 0.335 e. The molecule has 0 saturated heterocycles. The Kier molecular flexibility index (Phi) is 4.47. The number of hydrogen-bond donors (Lipinski definition) is 3. The minimum Gasteiger partial charge on any atom is -0.478 e. The van der Waals surface area contributed by atoms with E-state index in [1.54, 1.807) is 24.3 Å². The zero-order valence-corrected chi connectivity index (χ0v) is 11.6. The van der Waals surface area contributed by atoms with Crippen molar-refractivity contribution >= 4 is 5.97 Å². The van der Waals surface area contributed by atoms with Gasteiger partial charge in [-0.25, -0.2) is 9.78 Å². The number of carboxylic acid groups (broad SMARTS) is 1. The van der Waals surface area contributed by atoms with E-state index in [-0.39, 0.29) is 0 Å². The molecule has 0 radical (unpaired) electrons. The van der Waals surface area contributed by atoms with Crippen LogP contribution in [0.15, 0.2) is 24.3 Å². The Balaban J connectivity index is 1.84. The van der Waals surface area contributed by atoms with Gasteiger partial charge in [-0.2, -0.15) is 5.10 Å². The molecule has 0 fully saturated rings. The predicted octanol–water partition coefficient (Wildman–Crippen LogP) is 1.92. The van der Waals surface area contributed by atoms with Crippen molar-refractivity contribution in [2.24, 2.45) is 0 Å². The Morgan fingerprint density at radius 2 is 2.00 bits per heavy atom. The molecule has 0 aliphatic rings. The van der Waals surface area contributed by atoms with Gasteiger partial charge in [-0.1, -0.05) is 26.0 Å². The summed E-state index contributed by atoms with van der Waals surface area (Å²) in [5, 5.41) is 19.1. The van der Waals surface area contributed by atoms with Crippen molar-refractivity contribution < 1.29 is 9.90 Å². The van der Waals surface area contributed by atoms with Crippen molar-refractivity contribution in [1.82, 2.24) is 20.5 Å². The third-order valence-electron chi connectivity index (χ3n) is 2.89. The first kappa shape index (κ1) is 14.2. The van der Waals surface area contributed by atoms with E-state index >= 15 is 0 Å². The molecule has 6 nitrogen and oxygen atoms in total. The number of rotatable bonds is 6. The van der Waals surface area contributed by atoms with Crippen molar-refractivity contribution in [3.8, 4) is 0 Å². The molecule has 1 aromatic carbocycles. The van der Waals surface area contributed by atoms with Crippen molar-refractivity contribution in [1.29, 1.82) is 0 Å². The highest BCUT2D eigenvalue weighted by atomic mass is 16.4. The Morgan fingerprint density at radius 3 is 2.55 bits per heavy atom. The quantitative estimate of drug-likeness (QED) is 0.748. The van der Waals surface area contributed by atoms with Crippen LogP contribution in [0, 0.1) is 0 Å². The van der Waals surface area contributed by atoms with Crippen LogP contribution >= 0.6 is 0 Å². The van der Waals surface area contributed by atoms with Crippen molar-refractivity contribution in [3.05, 3.63) is 47.0 Å². The third kappa shape index (κ3) is 3.64. The van der Waals surface area contributed by atoms with E-state index in [9.17, 15) is 4.79 Å². The zero-order chi connectivity index (χ0) is 14.5. The van der Waals surface area contributed by atoms with Crippen LogP contribution in [0.25, 0.3) is 0 Å². The summed E-state index contributed by atoms with van der Waals surface area (Å²) in [5.41, 5.74) is 1.32.